The van der Waals surface area contributed by atoms with Gasteiger partial charge in [0.25, 0.3) is 0 Å². The predicted molar refractivity (Wildman–Crippen MR) is 87.3 cm³/mol. The number of nitrogens with zero attached hydrogens (tertiary/aromatic N) is 3. The predicted octanol–water partition coefficient (Wildman–Crippen LogP) is 2.51. The summed E-state index contributed by atoms with van der Waals surface area (Å²) in [6, 6.07) is 1.11. The van der Waals surface area contributed by atoms with E-state index >= 15 is 0 Å². The molecule has 1 aliphatic carbocycles. The van der Waals surface area contributed by atoms with Crippen LogP contribution >= 0.6 is 11.3 Å². The van der Waals surface area contributed by atoms with Gasteiger partial charge in [-0.3, -0.25) is 4.40 Å². The molecule has 0 spiro atoms. The maximum atomic E-state index is 5.28. The van der Waals surface area contributed by atoms with E-state index < -0.39 is 0 Å². The van der Waals surface area contributed by atoms with Crippen LogP contribution in [0.3, 0.4) is 0 Å². The molecule has 1 saturated carbocycles. The van der Waals surface area contributed by atoms with E-state index in [-0.39, 0.29) is 0 Å². The Bertz CT molecular complexity index is 588. The van der Waals surface area contributed by atoms with Crippen molar-refractivity contribution in [1.82, 2.24) is 14.7 Å². The monoisotopic (exact) mass is 308 g/mol. The molecule has 2 heterocycles. The van der Waals surface area contributed by atoms with E-state index in [0.29, 0.717) is 12.1 Å². The molecule has 1 N–H and O–H groups in total. The molecular formula is C15H24N4OS. The van der Waals surface area contributed by atoms with Gasteiger partial charge in [-0.1, -0.05) is 13.8 Å². The van der Waals surface area contributed by atoms with Crippen molar-refractivity contribution in [1.29, 1.82) is 0 Å². The molecule has 1 aliphatic rings. The average molecular weight is 308 g/mol. The fourth-order valence-electron chi connectivity index (χ4n) is 2.55. The molecule has 0 atom stereocenters. The van der Waals surface area contributed by atoms with Crippen molar-refractivity contribution in [3.05, 3.63) is 17.3 Å². The Hall–Kier alpha value is -1.11. The smallest absolute Gasteiger partial charge is 0.195 e. The second-order valence-electron chi connectivity index (χ2n) is 5.89. The molecule has 1 fully saturated rings. The molecule has 6 heteroatoms. The highest BCUT2D eigenvalue weighted by Crippen LogP contribution is 2.34. The second kappa shape index (κ2) is 6.34. The molecule has 2 aromatic heterocycles. The highest BCUT2D eigenvalue weighted by Gasteiger charge is 2.32. The first-order valence-corrected chi connectivity index (χ1v) is 8.52. The minimum Gasteiger partial charge on any atom is -0.383 e. The fraction of sp³-hybridized carbons (Fsp3) is 0.667. The molecule has 3 rings (SSSR count). The van der Waals surface area contributed by atoms with Gasteiger partial charge in [0.2, 0.25) is 0 Å². The molecule has 0 unspecified atom stereocenters. The van der Waals surface area contributed by atoms with Crippen LogP contribution in [0.2, 0.25) is 0 Å². The van der Waals surface area contributed by atoms with E-state index in [1.54, 1.807) is 18.4 Å². The molecule has 2 aromatic rings. The van der Waals surface area contributed by atoms with E-state index in [1.165, 1.54) is 18.5 Å². The van der Waals surface area contributed by atoms with Crippen LogP contribution in [0, 0.1) is 0 Å². The van der Waals surface area contributed by atoms with Crippen LogP contribution < -0.4 is 10.2 Å². The van der Waals surface area contributed by atoms with Crippen molar-refractivity contribution in [3.63, 3.8) is 0 Å². The van der Waals surface area contributed by atoms with Gasteiger partial charge in [-0.2, -0.15) is 0 Å². The van der Waals surface area contributed by atoms with Crippen LogP contribution in [0.1, 0.15) is 32.4 Å². The lowest BCUT2D eigenvalue weighted by Crippen LogP contribution is -2.32. The summed E-state index contributed by atoms with van der Waals surface area (Å²) in [7, 11) is 1.76. The number of ether oxygens (including phenoxy) is 1. The number of methoxy groups -OCH3 is 1. The lowest BCUT2D eigenvalue weighted by Gasteiger charge is -2.23. The molecule has 0 radical (unpaired) electrons. The largest absolute Gasteiger partial charge is 0.383 e. The molecular weight excluding hydrogens is 284 g/mol. The molecule has 0 aromatic carbocycles. The summed E-state index contributed by atoms with van der Waals surface area (Å²) in [6.07, 6.45) is 4.66. The number of thiazole rings is 1. The maximum Gasteiger partial charge on any atom is 0.195 e. The van der Waals surface area contributed by atoms with Crippen LogP contribution in [0.4, 0.5) is 5.82 Å². The zero-order valence-corrected chi connectivity index (χ0v) is 13.8. The molecule has 0 amide bonds. The number of hydrogen-bond donors (Lipinski definition) is 1. The van der Waals surface area contributed by atoms with Gasteiger partial charge in [-0.25, -0.2) is 4.98 Å². The number of fused-ring (bicyclic) bond motifs is 1. The van der Waals surface area contributed by atoms with Gasteiger partial charge in [-0.15, -0.1) is 11.3 Å². The molecule has 0 saturated heterocycles. The lowest BCUT2D eigenvalue weighted by atomic mass is 10.3. The summed E-state index contributed by atoms with van der Waals surface area (Å²) in [5.41, 5.74) is 1.27. The SMILES string of the molecule is COCCN(c1nc2sccn2c1CNC(C)C)C1CC1. The average Bonchev–Trinajstić information content (AvgIpc) is 3.08. The van der Waals surface area contributed by atoms with Crippen molar-refractivity contribution in [2.24, 2.45) is 0 Å². The van der Waals surface area contributed by atoms with Crippen LogP contribution in [0.5, 0.6) is 0 Å². The zero-order chi connectivity index (χ0) is 14.8. The quantitative estimate of drug-likeness (QED) is 0.813. The molecule has 0 aliphatic heterocycles. The third-order valence-corrected chi connectivity index (χ3v) is 4.57. The minimum atomic E-state index is 0.468. The number of nitrogens with one attached hydrogen (secondary N) is 1. The summed E-state index contributed by atoms with van der Waals surface area (Å²) in [6.45, 7) is 6.87. The van der Waals surface area contributed by atoms with E-state index in [2.05, 4.69) is 40.0 Å². The van der Waals surface area contributed by atoms with Crippen molar-refractivity contribution < 1.29 is 4.74 Å². The molecule has 116 valence electrons. The highest BCUT2D eigenvalue weighted by molar-refractivity contribution is 7.15. The Labute approximate surface area is 129 Å². The van der Waals surface area contributed by atoms with Gasteiger partial charge in [0.05, 0.1) is 12.3 Å². The molecule has 0 bridgehead atoms. The first kappa shape index (κ1) is 14.8. The summed E-state index contributed by atoms with van der Waals surface area (Å²) in [5, 5.41) is 5.63. The first-order chi connectivity index (χ1) is 10.2. The lowest BCUT2D eigenvalue weighted by molar-refractivity contribution is 0.204. The maximum absolute atomic E-state index is 5.28. The summed E-state index contributed by atoms with van der Waals surface area (Å²) in [5.74, 6) is 1.13. The van der Waals surface area contributed by atoms with Gasteiger partial charge in [0.1, 0.15) is 0 Å². The summed E-state index contributed by atoms with van der Waals surface area (Å²) in [4.78, 5) is 8.39. The Kier molecular flexibility index (Phi) is 4.47. The number of anilines is 1. The Morgan fingerprint density at radius 3 is 3.00 bits per heavy atom. The number of aromatic nitrogens is 2. The fourth-order valence-corrected chi connectivity index (χ4v) is 3.28. The van der Waals surface area contributed by atoms with Crippen molar-refractivity contribution in [3.8, 4) is 0 Å². The number of rotatable bonds is 8. The van der Waals surface area contributed by atoms with E-state index in [0.717, 1.165) is 30.5 Å². The van der Waals surface area contributed by atoms with Gasteiger partial charge < -0.3 is 15.0 Å². The third-order valence-electron chi connectivity index (χ3n) is 3.81. The van der Waals surface area contributed by atoms with Crippen molar-refractivity contribution in [2.75, 3.05) is 25.2 Å². The van der Waals surface area contributed by atoms with Gasteiger partial charge in [-0.05, 0) is 12.8 Å². The van der Waals surface area contributed by atoms with E-state index in [9.17, 15) is 0 Å². The van der Waals surface area contributed by atoms with Crippen LogP contribution in [-0.4, -0.2) is 41.7 Å². The van der Waals surface area contributed by atoms with E-state index in [1.807, 2.05) is 0 Å². The van der Waals surface area contributed by atoms with E-state index in [4.69, 9.17) is 9.72 Å². The normalized spacial score (nSPS) is 15.2. The van der Waals surface area contributed by atoms with Gasteiger partial charge in [0.15, 0.2) is 10.8 Å². The van der Waals surface area contributed by atoms with Crippen molar-refractivity contribution >= 4 is 22.1 Å². The van der Waals surface area contributed by atoms with Gasteiger partial charge in [0, 0.05) is 43.9 Å². The Balaban J connectivity index is 1.90. The standard InChI is InChI=1S/C15H24N4OS/c1-11(2)16-10-13-14(17-15-19(13)7-9-21-15)18(6-8-20-3)12-4-5-12/h7,9,11-12,16H,4-6,8,10H2,1-3H3. The highest BCUT2D eigenvalue weighted by atomic mass is 32.1. The van der Waals surface area contributed by atoms with Gasteiger partial charge >= 0.3 is 0 Å². The summed E-state index contributed by atoms with van der Waals surface area (Å²) >= 11 is 1.70. The van der Waals surface area contributed by atoms with Crippen LogP contribution in [0.15, 0.2) is 11.6 Å². The van der Waals surface area contributed by atoms with Crippen LogP contribution in [-0.2, 0) is 11.3 Å². The first-order valence-electron chi connectivity index (χ1n) is 7.64. The van der Waals surface area contributed by atoms with Crippen molar-refractivity contribution in [2.45, 2.75) is 45.3 Å². The molecule has 21 heavy (non-hydrogen) atoms. The Morgan fingerprint density at radius 2 is 2.33 bits per heavy atom. The number of hydrogen-bond acceptors (Lipinski definition) is 5. The number of imidazole rings is 1. The second-order valence-corrected chi connectivity index (χ2v) is 6.76. The third kappa shape index (κ3) is 3.22. The summed E-state index contributed by atoms with van der Waals surface area (Å²) < 4.78 is 7.50. The minimum absolute atomic E-state index is 0.468. The van der Waals surface area contributed by atoms with Crippen LogP contribution in [0.25, 0.3) is 4.96 Å². The topological polar surface area (TPSA) is 41.8 Å². The Morgan fingerprint density at radius 1 is 1.52 bits per heavy atom. The zero-order valence-electron chi connectivity index (χ0n) is 13.0. The molecule has 5 nitrogen and oxygen atoms in total.